The average molecular weight is 268 g/mol. The number of rotatable bonds is 8. The molecule has 3 nitrogen and oxygen atoms in total. The lowest BCUT2D eigenvalue weighted by Crippen LogP contribution is -2.30. The Morgan fingerprint density at radius 2 is 1.67 bits per heavy atom. The molecule has 0 N–H and O–H groups in total. The summed E-state index contributed by atoms with van der Waals surface area (Å²) in [5.74, 6) is 0. The Balaban J connectivity index is 2.33. The smallest absolute Gasteiger partial charge is 0.220 e. The minimum absolute atomic E-state index is 0.0498. The maximum atomic E-state index is 11.6. The monoisotopic (exact) mass is 268 g/mol. The molecule has 0 aliphatic heterocycles. The van der Waals surface area contributed by atoms with Crippen LogP contribution in [-0.4, -0.2) is 38.1 Å². The first-order chi connectivity index (χ1) is 8.52. The minimum atomic E-state index is 0.0498. The molecule has 0 aromatic heterocycles. The largest absolute Gasteiger partial charge is 0.371 e. The Morgan fingerprint density at radius 3 is 2.17 bits per heavy atom. The van der Waals surface area contributed by atoms with Gasteiger partial charge in [-0.15, -0.1) is 0 Å². The normalized spacial score (nSPS) is 11.4. The second-order valence-electron chi connectivity index (χ2n) is 4.79. The fraction of sp³-hybridized carbons (Fsp3) is 0.714. The number of anilines is 1. The third kappa shape index (κ3) is 3.39. The van der Waals surface area contributed by atoms with Crippen LogP contribution in [0, 0.1) is 11.4 Å². The van der Waals surface area contributed by atoms with E-state index in [1.54, 1.807) is 0 Å². The van der Waals surface area contributed by atoms with Crippen molar-refractivity contribution in [2.45, 2.75) is 33.6 Å². The van der Waals surface area contributed by atoms with E-state index in [-0.39, 0.29) is 5.43 Å². The van der Waals surface area contributed by atoms with Crippen LogP contribution in [0.25, 0.3) is 0 Å². The van der Waals surface area contributed by atoms with E-state index in [0.717, 1.165) is 43.9 Å². The Labute approximate surface area is 115 Å². The second kappa shape index (κ2) is 7.00. The predicted octanol–water partition coefficient (Wildman–Crippen LogP) is 2.52. The molecule has 0 aliphatic carbocycles. The van der Waals surface area contributed by atoms with Gasteiger partial charge in [0.15, 0.2) is 0 Å². The van der Waals surface area contributed by atoms with Gasteiger partial charge < -0.3 is 9.80 Å². The van der Waals surface area contributed by atoms with E-state index >= 15 is 0 Å². The minimum Gasteiger partial charge on any atom is -0.371 e. The molecule has 0 spiro atoms. The lowest BCUT2D eigenvalue weighted by molar-refractivity contribution is 0.297. The molecule has 1 rings (SSSR count). The highest BCUT2D eigenvalue weighted by atomic mass is 32.1. The standard InChI is InChI=1S/C14H24N2OS/c1-5-16(6-2)10-8-7-9-15(4)12-11(3)14(18)13(12)17/h5-10H2,1-4H3. The van der Waals surface area contributed by atoms with E-state index in [1.807, 2.05) is 14.0 Å². The molecule has 0 unspecified atom stereocenters. The van der Waals surface area contributed by atoms with Gasteiger partial charge in [-0.2, -0.15) is 0 Å². The van der Waals surface area contributed by atoms with Crippen LogP contribution in [0.5, 0.6) is 0 Å². The van der Waals surface area contributed by atoms with Crippen LogP contribution >= 0.6 is 12.2 Å². The maximum absolute atomic E-state index is 11.6. The molecule has 102 valence electrons. The zero-order valence-electron chi connectivity index (χ0n) is 12.0. The molecule has 4 heteroatoms. The molecule has 0 radical (unpaired) electrons. The van der Waals surface area contributed by atoms with E-state index in [4.69, 9.17) is 12.2 Å². The van der Waals surface area contributed by atoms with Gasteiger partial charge in [0.25, 0.3) is 0 Å². The summed E-state index contributed by atoms with van der Waals surface area (Å²) in [6, 6.07) is 0. The van der Waals surface area contributed by atoms with E-state index < -0.39 is 0 Å². The number of unbranched alkanes of at least 4 members (excludes halogenated alkanes) is 1. The summed E-state index contributed by atoms with van der Waals surface area (Å²) in [6.45, 7) is 10.6. The van der Waals surface area contributed by atoms with Gasteiger partial charge in [0.2, 0.25) is 5.43 Å². The fourth-order valence-electron chi connectivity index (χ4n) is 2.29. The van der Waals surface area contributed by atoms with E-state index in [1.165, 1.54) is 6.42 Å². The van der Waals surface area contributed by atoms with Crippen LogP contribution < -0.4 is 10.3 Å². The highest BCUT2D eigenvalue weighted by molar-refractivity contribution is 7.71. The summed E-state index contributed by atoms with van der Waals surface area (Å²) in [4.78, 5) is 16.1. The van der Waals surface area contributed by atoms with E-state index in [0.29, 0.717) is 4.51 Å². The van der Waals surface area contributed by atoms with E-state index in [9.17, 15) is 4.79 Å². The zero-order valence-corrected chi connectivity index (χ0v) is 12.8. The van der Waals surface area contributed by atoms with Crippen LogP contribution in [0.3, 0.4) is 0 Å². The van der Waals surface area contributed by atoms with Crippen molar-refractivity contribution in [3.8, 4) is 0 Å². The molecular weight excluding hydrogens is 244 g/mol. The summed E-state index contributed by atoms with van der Waals surface area (Å²) in [6.07, 6.45) is 2.29. The first-order valence-corrected chi connectivity index (χ1v) is 7.17. The summed E-state index contributed by atoms with van der Waals surface area (Å²) in [5, 5.41) is 0. The van der Waals surface area contributed by atoms with Crippen molar-refractivity contribution in [1.82, 2.24) is 4.90 Å². The molecule has 1 aromatic rings. The van der Waals surface area contributed by atoms with Crippen molar-refractivity contribution in [3.63, 3.8) is 0 Å². The maximum Gasteiger partial charge on any atom is 0.220 e. The molecule has 0 atom stereocenters. The molecule has 0 aliphatic rings. The summed E-state index contributed by atoms with van der Waals surface area (Å²) in [5.41, 5.74) is 1.86. The molecule has 0 amide bonds. The van der Waals surface area contributed by atoms with Gasteiger partial charge in [0.1, 0.15) is 0 Å². The van der Waals surface area contributed by atoms with Crippen LogP contribution in [0.4, 0.5) is 5.69 Å². The molecule has 0 bridgehead atoms. The fourth-order valence-corrected chi connectivity index (χ4v) is 2.48. The molecular formula is C14H24N2OS. The molecule has 0 fully saturated rings. The number of nitrogens with zero attached hydrogens (tertiary/aromatic N) is 2. The van der Waals surface area contributed by atoms with Gasteiger partial charge in [0.05, 0.1) is 10.2 Å². The topological polar surface area (TPSA) is 23.6 Å². The van der Waals surface area contributed by atoms with Crippen LogP contribution in [0.1, 0.15) is 32.3 Å². The van der Waals surface area contributed by atoms with Crippen molar-refractivity contribution in [1.29, 1.82) is 0 Å². The molecule has 0 heterocycles. The predicted molar refractivity (Wildman–Crippen MR) is 80.9 cm³/mol. The number of hydrogen-bond acceptors (Lipinski definition) is 4. The summed E-state index contributed by atoms with van der Waals surface area (Å²) < 4.78 is 0.514. The van der Waals surface area contributed by atoms with Gasteiger partial charge in [-0.1, -0.05) is 26.1 Å². The summed E-state index contributed by atoms with van der Waals surface area (Å²) in [7, 11) is 1.98. The lowest BCUT2D eigenvalue weighted by atomic mass is 10.1. The van der Waals surface area contributed by atoms with Gasteiger partial charge in [-0.3, -0.25) is 4.79 Å². The van der Waals surface area contributed by atoms with Gasteiger partial charge >= 0.3 is 0 Å². The highest BCUT2D eigenvalue weighted by Crippen LogP contribution is 2.18. The zero-order chi connectivity index (χ0) is 13.7. The molecule has 18 heavy (non-hydrogen) atoms. The van der Waals surface area contributed by atoms with Crippen LogP contribution in [0.15, 0.2) is 4.79 Å². The lowest BCUT2D eigenvalue weighted by Gasteiger charge is -2.23. The van der Waals surface area contributed by atoms with Crippen molar-refractivity contribution >= 4 is 17.9 Å². The average Bonchev–Trinajstić information content (AvgIpc) is 2.38. The Hall–Kier alpha value is -0.740. The van der Waals surface area contributed by atoms with Gasteiger partial charge in [0, 0.05) is 13.6 Å². The van der Waals surface area contributed by atoms with Crippen molar-refractivity contribution in [2.75, 3.05) is 38.1 Å². The van der Waals surface area contributed by atoms with Crippen molar-refractivity contribution in [2.24, 2.45) is 0 Å². The SMILES string of the molecule is CCN(CC)CCCCN(C)c1c(C)c(=S)c1=O. The Bertz CT molecular complexity index is 445. The Kier molecular flexibility index (Phi) is 5.96. The van der Waals surface area contributed by atoms with Crippen molar-refractivity contribution in [3.05, 3.63) is 20.3 Å². The first kappa shape index (κ1) is 15.3. The van der Waals surface area contributed by atoms with Gasteiger partial charge in [-0.25, -0.2) is 0 Å². The molecule has 1 aromatic carbocycles. The first-order valence-electron chi connectivity index (χ1n) is 6.76. The van der Waals surface area contributed by atoms with Gasteiger partial charge in [-0.05, 0) is 45.0 Å². The second-order valence-corrected chi connectivity index (χ2v) is 5.20. The third-order valence-electron chi connectivity index (χ3n) is 3.61. The van der Waals surface area contributed by atoms with Crippen LogP contribution in [-0.2, 0) is 0 Å². The molecule has 0 saturated heterocycles. The number of hydrogen-bond donors (Lipinski definition) is 0. The quantitative estimate of drug-likeness (QED) is 0.534. The third-order valence-corrected chi connectivity index (χ3v) is 4.10. The van der Waals surface area contributed by atoms with Crippen LogP contribution in [0.2, 0.25) is 0 Å². The summed E-state index contributed by atoms with van der Waals surface area (Å²) >= 11 is 4.99. The Morgan fingerprint density at radius 1 is 1.11 bits per heavy atom. The highest BCUT2D eigenvalue weighted by Gasteiger charge is 2.16. The van der Waals surface area contributed by atoms with Crippen molar-refractivity contribution < 1.29 is 0 Å². The van der Waals surface area contributed by atoms with E-state index in [2.05, 4.69) is 23.6 Å². The molecule has 0 saturated carbocycles.